The Morgan fingerprint density at radius 2 is 1.92 bits per heavy atom. The van der Waals surface area contributed by atoms with Crippen molar-refractivity contribution in [1.82, 2.24) is 0 Å². The molecule has 0 radical (unpaired) electrons. The zero-order valence-corrected chi connectivity index (χ0v) is 16.0. The number of nitrogens with one attached hydrogen (secondary N) is 1. The van der Waals surface area contributed by atoms with Crippen molar-refractivity contribution in [2.75, 3.05) is 5.32 Å². The molecule has 0 aliphatic heterocycles. The molecule has 0 atom stereocenters. The molecule has 1 aromatic heterocycles. The first-order chi connectivity index (χ1) is 12.1. The van der Waals surface area contributed by atoms with Crippen LogP contribution >= 0.6 is 23.1 Å². The Kier molecular flexibility index (Phi) is 5.95. The monoisotopic (exact) mass is 367 g/mol. The number of carbonyl (C=O) groups excluding carboxylic acids is 1. The fourth-order valence-electron chi connectivity index (χ4n) is 2.50. The summed E-state index contributed by atoms with van der Waals surface area (Å²) in [5.74, 6) is 1.26. The second-order valence-corrected chi connectivity index (χ2v) is 8.15. The predicted octanol–water partition coefficient (Wildman–Crippen LogP) is 6.42. The number of carbonyl (C=O) groups is 1. The van der Waals surface area contributed by atoms with Crippen LogP contribution in [-0.4, -0.2) is 5.91 Å². The molecular formula is C21H21NOS2. The van der Waals surface area contributed by atoms with Crippen LogP contribution in [0, 0.1) is 0 Å². The summed E-state index contributed by atoms with van der Waals surface area (Å²) in [6.45, 7) is 4.30. The van der Waals surface area contributed by atoms with E-state index in [4.69, 9.17) is 0 Å². The molecular weight excluding hydrogens is 346 g/mol. The quantitative estimate of drug-likeness (QED) is 0.510. The van der Waals surface area contributed by atoms with Crippen LogP contribution in [0.4, 0.5) is 5.69 Å². The van der Waals surface area contributed by atoms with E-state index in [-0.39, 0.29) is 5.91 Å². The van der Waals surface area contributed by atoms with Gasteiger partial charge < -0.3 is 5.32 Å². The van der Waals surface area contributed by atoms with Gasteiger partial charge >= 0.3 is 0 Å². The van der Waals surface area contributed by atoms with Crippen LogP contribution in [0.25, 0.3) is 0 Å². The van der Waals surface area contributed by atoms with Gasteiger partial charge in [0.05, 0.1) is 5.56 Å². The highest BCUT2D eigenvalue weighted by Gasteiger charge is 2.12. The molecule has 2 nitrogen and oxygen atoms in total. The molecule has 25 heavy (non-hydrogen) atoms. The molecule has 2 aromatic carbocycles. The molecule has 0 saturated heterocycles. The molecule has 1 heterocycles. The molecule has 0 fully saturated rings. The van der Waals surface area contributed by atoms with Crippen molar-refractivity contribution >= 4 is 34.7 Å². The Morgan fingerprint density at radius 3 is 2.68 bits per heavy atom. The average Bonchev–Trinajstić information content (AvgIpc) is 3.14. The van der Waals surface area contributed by atoms with Crippen LogP contribution in [0.3, 0.4) is 0 Å². The first-order valence-electron chi connectivity index (χ1n) is 8.29. The van der Waals surface area contributed by atoms with Gasteiger partial charge in [0, 0.05) is 21.2 Å². The van der Waals surface area contributed by atoms with Crippen LogP contribution in [0.15, 0.2) is 70.9 Å². The van der Waals surface area contributed by atoms with Crippen molar-refractivity contribution in [2.24, 2.45) is 0 Å². The van der Waals surface area contributed by atoms with Gasteiger partial charge in [-0.05, 0) is 47.2 Å². The molecule has 4 heteroatoms. The van der Waals surface area contributed by atoms with E-state index in [0.717, 1.165) is 21.9 Å². The minimum Gasteiger partial charge on any atom is -0.322 e. The Labute approximate surface area is 157 Å². The summed E-state index contributed by atoms with van der Waals surface area (Å²) in [4.78, 5) is 15.1. The topological polar surface area (TPSA) is 29.1 Å². The maximum absolute atomic E-state index is 12.8. The van der Waals surface area contributed by atoms with Gasteiger partial charge in [-0.25, -0.2) is 0 Å². The molecule has 0 aliphatic carbocycles. The van der Waals surface area contributed by atoms with Gasteiger partial charge in [0.25, 0.3) is 5.91 Å². The van der Waals surface area contributed by atoms with E-state index in [0.29, 0.717) is 5.92 Å². The van der Waals surface area contributed by atoms with E-state index in [1.807, 2.05) is 42.5 Å². The minimum absolute atomic E-state index is 0.0600. The highest BCUT2D eigenvalue weighted by atomic mass is 32.2. The van der Waals surface area contributed by atoms with Crippen LogP contribution in [0.5, 0.6) is 0 Å². The van der Waals surface area contributed by atoms with Crippen LogP contribution in [0.1, 0.15) is 40.6 Å². The van der Waals surface area contributed by atoms with Gasteiger partial charge in [0.2, 0.25) is 0 Å². The molecule has 0 saturated carbocycles. The maximum atomic E-state index is 12.8. The molecule has 3 rings (SSSR count). The smallest absolute Gasteiger partial charge is 0.256 e. The van der Waals surface area contributed by atoms with E-state index in [1.54, 1.807) is 23.1 Å². The van der Waals surface area contributed by atoms with Gasteiger partial charge in [-0.2, -0.15) is 0 Å². The number of thiophene rings is 1. The van der Waals surface area contributed by atoms with Crippen molar-refractivity contribution in [3.8, 4) is 0 Å². The summed E-state index contributed by atoms with van der Waals surface area (Å²) >= 11 is 3.44. The Hall–Kier alpha value is -2.04. The van der Waals surface area contributed by atoms with Gasteiger partial charge in [0.15, 0.2) is 0 Å². The van der Waals surface area contributed by atoms with Crippen molar-refractivity contribution in [1.29, 1.82) is 0 Å². The van der Waals surface area contributed by atoms with Crippen molar-refractivity contribution in [2.45, 2.75) is 30.4 Å². The Morgan fingerprint density at radius 1 is 1.08 bits per heavy atom. The molecule has 0 aliphatic rings. The third-order valence-corrected chi connectivity index (χ3v) is 6.07. The zero-order valence-electron chi connectivity index (χ0n) is 14.4. The normalized spacial score (nSPS) is 10.8. The number of hydrogen-bond donors (Lipinski definition) is 1. The lowest BCUT2D eigenvalue weighted by atomic mass is 10.0. The van der Waals surface area contributed by atoms with E-state index in [1.165, 1.54) is 10.4 Å². The largest absolute Gasteiger partial charge is 0.322 e. The van der Waals surface area contributed by atoms with Gasteiger partial charge in [-0.15, -0.1) is 23.1 Å². The number of anilines is 1. The summed E-state index contributed by atoms with van der Waals surface area (Å²) in [5.41, 5.74) is 2.78. The van der Waals surface area contributed by atoms with Gasteiger partial charge in [-0.1, -0.05) is 44.2 Å². The number of thioether (sulfide) groups is 1. The average molecular weight is 368 g/mol. The lowest BCUT2D eigenvalue weighted by Gasteiger charge is -2.12. The molecule has 1 amide bonds. The van der Waals surface area contributed by atoms with Crippen molar-refractivity contribution in [3.63, 3.8) is 0 Å². The van der Waals surface area contributed by atoms with E-state index in [2.05, 4.69) is 42.7 Å². The lowest BCUT2D eigenvalue weighted by molar-refractivity contribution is 0.102. The number of rotatable bonds is 6. The predicted molar refractivity (Wildman–Crippen MR) is 109 cm³/mol. The number of amides is 1. The molecule has 0 bridgehead atoms. The Balaban J connectivity index is 1.74. The Bertz CT molecular complexity index is 841. The highest BCUT2D eigenvalue weighted by molar-refractivity contribution is 7.98. The SMILES string of the molecule is CC(C)c1cccc(NC(=O)c2ccccc2SCc2cccs2)c1. The number of benzene rings is 2. The van der Waals surface area contributed by atoms with Crippen LogP contribution in [0.2, 0.25) is 0 Å². The molecule has 0 unspecified atom stereocenters. The van der Waals surface area contributed by atoms with Crippen LogP contribution < -0.4 is 5.32 Å². The summed E-state index contributed by atoms with van der Waals surface area (Å²) < 4.78 is 0. The fraction of sp³-hybridized carbons (Fsp3) is 0.190. The second-order valence-electron chi connectivity index (χ2n) is 6.10. The second kappa shape index (κ2) is 8.37. The lowest BCUT2D eigenvalue weighted by Crippen LogP contribution is -2.13. The molecule has 128 valence electrons. The number of hydrogen-bond acceptors (Lipinski definition) is 3. The fourth-order valence-corrected chi connectivity index (χ4v) is 4.32. The third kappa shape index (κ3) is 4.74. The zero-order chi connectivity index (χ0) is 17.6. The summed E-state index contributed by atoms with van der Waals surface area (Å²) in [6, 6.07) is 20.0. The van der Waals surface area contributed by atoms with Crippen molar-refractivity contribution < 1.29 is 4.79 Å². The third-order valence-electron chi connectivity index (χ3n) is 3.89. The standard InChI is InChI=1S/C21H21NOS2/c1-15(2)16-7-5-8-17(13-16)22-21(23)19-10-3-4-11-20(19)25-14-18-9-6-12-24-18/h3-13,15H,14H2,1-2H3,(H,22,23). The summed E-state index contributed by atoms with van der Waals surface area (Å²) in [5, 5.41) is 5.12. The molecule has 3 aromatic rings. The van der Waals surface area contributed by atoms with E-state index in [9.17, 15) is 4.79 Å². The molecule has 1 N–H and O–H groups in total. The maximum Gasteiger partial charge on any atom is 0.256 e. The van der Waals surface area contributed by atoms with E-state index >= 15 is 0 Å². The van der Waals surface area contributed by atoms with Gasteiger partial charge in [0.1, 0.15) is 0 Å². The molecule has 0 spiro atoms. The van der Waals surface area contributed by atoms with E-state index < -0.39 is 0 Å². The summed E-state index contributed by atoms with van der Waals surface area (Å²) in [6.07, 6.45) is 0. The van der Waals surface area contributed by atoms with Crippen LogP contribution in [-0.2, 0) is 5.75 Å². The first kappa shape index (κ1) is 17.8. The van der Waals surface area contributed by atoms with Crippen molar-refractivity contribution in [3.05, 3.63) is 82.0 Å². The highest BCUT2D eigenvalue weighted by Crippen LogP contribution is 2.28. The minimum atomic E-state index is -0.0600. The first-order valence-corrected chi connectivity index (χ1v) is 10.2. The van der Waals surface area contributed by atoms with Gasteiger partial charge in [-0.3, -0.25) is 4.79 Å². The summed E-state index contributed by atoms with van der Waals surface area (Å²) in [7, 11) is 0.